The maximum absolute atomic E-state index is 12.8. The van der Waals surface area contributed by atoms with Gasteiger partial charge in [-0.3, -0.25) is 4.79 Å². The third-order valence-corrected chi connectivity index (χ3v) is 5.29. The molecule has 3 rings (SSSR count). The van der Waals surface area contributed by atoms with Crippen molar-refractivity contribution in [1.29, 1.82) is 0 Å². The van der Waals surface area contributed by atoms with E-state index in [0.717, 1.165) is 12.8 Å². The zero-order valence-corrected chi connectivity index (χ0v) is 15.1. The van der Waals surface area contributed by atoms with Gasteiger partial charge in [-0.15, -0.1) is 0 Å². The summed E-state index contributed by atoms with van der Waals surface area (Å²) in [6.45, 7) is 1.73. The number of rotatable bonds is 4. The first kappa shape index (κ1) is 17.1. The summed E-state index contributed by atoms with van der Waals surface area (Å²) in [6.07, 6.45) is 1.29. The number of likely N-dealkylation sites (N-methyl/N-ethyl adjacent to an activating group) is 1. The molecule has 0 saturated heterocycles. The molecule has 0 heterocycles. The van der Waals surface area contributed by atoms with Crippen LogP contribution in [-0.2, 0) is 11.2 Å². The minimum atomic E-state index is -0.640. The Morgan fingerprint density at radius 1 is 1.21 bits per heavy atom. The largest absolute Gasteiger partial charge is 0.479 e. The molecule has 2 atom stereocenters. The van der Waals surface area contributed by atoms with Crippen LogP contribution in [0.2, 0.25) is 10.0 Å². The number of benzene rings is 2. The van der Waals surface area contributed by atoms with Gasteiger partial charge in [0.05, 0.1) is 11.1 Å². The molecule has 0 spiro atoms. The van der Waals surface area contributed by atoms with Gasteiger partial charge in [-0.05, 0) is 43.0 Å². The summed E-state index contributed by atoms with van der Waals surface area (Å²) in [5.41, 5.74) is 2.54. The van der Waals surface area contributed by atoms with Crippen molar-refractivity contribution in [2.24, 2.45) is 0 Å². The summed E-state index contributed by atoms with van der Waals surface area (Å²) in [7, 11) is 1.83. The van der Waals surface area contributed by atoms with Gasteiger partial charge in [0.25, 0.3) is 5.91 Å². The van der Waals surface area contributed by atoms with Gasteiger partial charge in [0.1, 0.15) is 10.8 Å². The number of ether oxygens (including phenoxy) is 1. The maximum Gasteiger partial charge on any atom is 0.263 e. The lowest BCUT2D eigenvalue weighted by molar-refractivity contribution is -0.138. The highest BCUT2D eigenvalue weighted by atomic mass is 35.5. The molecule has 24 heavy (non-hydrogen) atoms. The van der Waals surface area contributed by atoms with Crippen LogP contribution >= 0.6 is 23.2 Å². The Kier molecular flexibility index (Phi) is 5.02. The maximum atomic E-state index is 12.8. The van der Waals surface area contributed by atoms with Gasteiger partial charge in [-0.2, -0.15) is 0 Å². The predicted octanol–water partition coefficient (Wildman–Crippen LogP) is 4.91. The van der Waals surface area contributed by atoms with E-state index < -0.39 is 6.10 Å². The van der Waals surface area contributed by atoms with Crippen molar-refractivity contribution in [1.82, 2.24) is 4.90 Å². The highest BCUT2D eigenvalue weighted by Crippen LogP contribution is 2.36. The highest BCUT2D eigenvalue weighted by molar-refractivity contribution is 6.42. The standard InChI is InChI=1S/C19H19Cl2NO2/c1-12(24-17-9-5-8-15(20)18(17)21)19(23)22(2)16-11-10-13-6-3-4-7-14(13)16/h3-9,12,16H,10-11H2,1-2H3. The second-order valence-electron chi connectivity index (χ2n) is 6.01. The van der Waals surface area contributed by atoms with Gasteiger partial charge in [-0.25, -0.2) is 0 Å². The van der Waals surface area contributed by atoms with Gasteiger partial charge >= 0.3 is 0 Å². The lowest BCUT2D eigenvalue weighted by Gasteiger charge is -2.28. The molecule has 5 heteroatoms. The Morgan fingerprint density at radius 2 is 1.96 bits per heavy atom. The van der Waals surface area contributed by atoms with Crippen LogP contribution in [0.5, 0.6) is 5.75 Å². The number of aryl methyl sites for hydroxylation is 1. The van der Waals surface area contributed by atoms with E-state index in [-0.39, 0.29) is 11.9 Å². The Labute approximate surface area is 152 Å². The number of fused-ring (bicyclic) bond motifs is 1. The summed E-state index contributed by atoms with van der Waals surface area (Å²) in [5.74, 6) is 0.345. The Hall–Kier alpha value is -1.71. The predicted molar refractivity (Wildman–Crippen MR) is 96.8 cm³/mol. The fraction of sp³-hybridized carbons (Fsp3) is 0.316. The van der Waals surface area contributed by atoms with Crippen LogP contribution in [0.25, 0.3) is 0 Å². The first-order chi connectivity index (χ1) is 11.5. The second-order valence-corrected chi connectivity index (χ2v) is 6.80. The van der Waals surface area contributed by atoms with Crippen LogP contribution in [0.3, 0.4) is 0 Å². The van der Waals surface area contributed by atoms with E-state index in [2.05, 4.69) is 12.1 Å². The van der Waals surface area contributed by atoms with Crippen molar-refractivity contribution in [3.05, 3.63) is 63.6 Å². The smallest absolute Gasteiger partial charge is 0.263 e. The van der Waals surface area contributed by atoms with E-state index in [4.69, 9.17) is 27.9 Å². The molecule has 2 aromatic rings. The van der Waals surface area contributed by atoms with Crippen molar-refractivity contribution in [3.8, 4) is 5.75 Å². The Bertz CT molecular complexity index is 763. The number of hydrogen-bond donors (Lipinski definition) is 0. The molecule has 0 aromatic heterocycles. The lowest BCUT2D eigenvalue weighted by Crippen LogP contribution is -2.39. The average Bonchev–Trinajstić information content (AvgIpc) is 3.01. The van der Waals surface area contributed by atoms with Gasteiger partial charge in [0.15, 0.2) is 6.10 Å². The minimum absolute atomic E-state index is 0.0762. The van der Waals surface area contributed by atoms with Gasteiger partial charge < -0.3 is 9.64 Å². The number of carbonyl (C=O) groups is 1. The van der Waals surface area contributed by atoms with E-state index in [0.29, 0.717) is 15.8 Å². The number of halogens is 2. The third kappa shape index (κ3) is 3.24. The molecule has 126 valence electrons. The number of carbonyl (C=O) groups excluding carboxylic acids is 1. The first-order valence-corrected chi connectivity index (χ1v) is 8.69. The summed E-state index contributed by atoms with van der Waals surface area (Å²) in [4.78, 5) is 14.5. The number of amides is 1. The van der Waals surface area contributed by atoms with E-state index in [1.165, 1.54) is 11.1 Å². The van der Waals surface area contributed by atoms with Crippen molar-refractivity contribution < 1.29 is 9.53 Å². The van der Waals surface area contributed by atoms with Crippen LogP contribution < -0.4 is 4.74 Å². The molecule has 1 amide bonds. The SMILES string of the molecule is CC(Oc1cccc(Cl)c1Cl)C(=O)N(C)C1CCc2ccccc21. The van der Waals surface area contributed by atoms with Crippen LogP contribution in [0.4, 0.5) is 0 Å². The van der Waals surface area contributed by atoms with Gasteiger partial charge in [-0.1, -0.05) is 53.5 Å². The summed E-state index contributed by atoms with van der Waals surface area (Å²) in [5, 5.41) is 0.736. The van der Waals surface area contributed by atoms with Crippen LogP contribution in [0, 0.1) is 0 Å². The van der Waals surface area contributed by atoms with E-state index in [1.54, 1.807) is 30.0 Å². The van der Waals surface area contributed by atoms with Crippen LogP contribution in [-0.4, -0.2) is 24.0 Å². The molecule has 2 aromatic carbocycles. The fourth-order valence-electron chi connectivity index (χ4n) is 3.19. The van der Waals surface area contributed by atoms with Crippen LogP contribution in [0.1, 0.15) is 30.5 Å². The molecule has 0 radical (unpaired) electrons. The Morgan fingerprint density at radius 3 is 2.75 bits per heavy atom. The van der Waals surface area contributed by atoms with Gasteiger partial charge in [0.2, 0.25) is 0 Å². The molecule has 0 saturated carbocycles. The van der Waals surface area contributed by atoms with Crippen molar-refractivity contribution in [3.63, 3.8) is 0 Å². The first-order valence-electron chi connectivity index (χ1n) is 7.94. The Balaban J connectivity index is 1.73. The number of hydrogen-bond acceptors (Lipinski definition) is 2. The van der Waals surface area contributed by atoms with Crippen molar-refractivity contribution >= 4 is 29.1 Å². The molecule has 2 unspecified atom stereocenters. The molecule has 0 fully saturated rings. The van der Waals surface area contributed by atoms with Crippen molar-refractivity contribution in [2.75, 3.05) is 7.05 Å². The average molecular weight is 364 g/mol. The van der Waals surface area contributed by atoms with Gasteiger partial charge in [0, 0.05) is 7.05 Å². The highest BCUT2D eigenvalue weighted by Gasteiger charge is 2.31. The second kappa shape index (κ2) is 7.04. The van der Waals surface area contributed by atoms with E-state index in [1.807, 2.05) is 19.2 Å². The zero-order chi connectivity index (χ0) is 17.3. The molecule has 0 bridgehead atoms. The zero-order valence-electron chi connectivity index (χ0n) is 13.6. The molecule has 1 aliphatic rings. The summed E-state index contributed by atoms with van der Waals surface area (Å²) >= 11 is 12.1. The summed E-state index contributed by atoms with van der Waals surface area (Å²) in [6, 6.07) is 13.5. The van der Waals surface area contributed by atoms with Crippen molar-refractivity contribution in [2.45, 2.75) is 31.9 Å². The minimum Gasteiger partial charge on any atom is -0.479 e. The molecule has 3 nitrogen and oxygen atoms in total. The number of nitrogens with zero attached hydrogens (tertiary/aromatic N) is 1. The fourth-order valence-corrected chi connectivity index (χ4v) is 3.53. The molecule has 0 aliphatic heterocycles. The van der Waals surface area contributed by atoms with Crippen LogP contribution in [0.15, 0.2) is 42.5 Å². The quantitative estimate of drug-likeness (QED) is 0.772. The normalized spacial score (nSPS) is 17.2. The van der Waals surface area contributed by atoms with E-state index >= 15 is 0 Å². The lowest BCUT2D eigenvalue weighted by atomic mass is 10.1. The monoisotopic (exact) mass is 363 g/mol. The third-order valence-electron chi connectivity index (χ3n) is 4.48. The topological polar surface area (TPSA) is 29.5 Å². The van der Waals surface area contributed by atoms with E-state index in [9.17, 15) is 4.79 Å². The molecule has 1 aliphatic carbocycles. The molecule has 0 N–H and O–H groups in total. The molecular weight excluding hydrogens is 345 g/mol. The summed E-state index contributed by atoms with van der Waals surface area (Å²) < 4.78 is 5.75. The molecular formula is C19H19Cl2NO2.